The average Bonchev–Trinajstić information content (AvgIpc) is 3.33. The van der Waals surface area contributed by atoms with Gasteiger partial charge in [0.05, 0.1) is 11.3 Å². The van der Waals surface area contributed by atoms with Gasteiger partial charge in [-0.15, -0.1) is 10.2 Å². The summed E-state index contributed by atoms with van der Waals surface area (Å²) in [5.74, 6) is 1.63. The highest BCUT2D eigenvalue weighted by atomic mass is 32.1. The Hall–Kier alpha value is -2.74. The van der Waals surface area contributed by atoms with Gasteiger partial charge in [0.2, 0.25) is 0 Å². The number of rotatable bonds is 3. The molecule has 8 heteroatoms. The van der Waals surface area contributed by atoms with E-state index in [0.717, 1.165) is 30.2 Å². The maximum absolute atomic E-state index is 12.4. The van der Waals surface area contributed by atoms with Crippen LogP contribution in [0.5, 0.6) is 0 Å². The van der Waals surface area contributed by atoms with Gasteiger partial charge in [0.1, 0.15) is 0 Å². The summed E-state index contributed by atoms with van der Waals surface area (Å²) in [4.78, 5) is 16.4. The number of aromatic nitrogens is 4. The predicted octanol–water partition coefficient (Wildman–Crippen LogP) is 1.99. The van der Waals surface area contributed by atoms with E-state index in [1.165, 1.54) is 0 Å². The molecule has 0 N–H and O–H groups in total. The van der Waals surface area contributed by atoms with Gasteiger partial charge in [-0.2, -0.15) is 16.4 Å². The van der Waals surface area contributed by atoms with Gasteiger partial charge in [0.15, 0.2) is 11.6 Å². The van der Waals surface area contributed by atoms with E-state index < -0.39 is 0 Å². The highest BCUT2D eigenvalue weighted by Crippen LogP contribution is 2.16. The number of carbonyl (C=O) groups excluding carboxylic acids is 1. The maximum atomic E-state index is 12.4. The zero-order valence-electron chi connectivity index (χ0n) is 13.9. The molecule has 0 spiro atoms. The topological polar surface area (TPSA) is 67.2 Å². The first-order chi connectivity index (χ1) is 12.2. The van der Waals surface area contributed by atoms with Crippen molar-refractivity contribution in [3.05, 3.63) is 52.5 Å². The van der Waals surface area contributed by atoms with Crippen LogP contribution >= 0.6 is 11.3 Å². The summed E-state index contributed by atoms with van der Waals surface area (Å²) in [5.41, 5.74) is 1.72. The third-order valence-corrected chi connectivity index (χ3v) is 4.94. The van der Waals surface area contributed by atoms with Crippen LogP contribution in [0.4, 0.5) is 5.82 Å². The van der Waals surface area contributed by atoms with Crippen LogP contribution in [0.15, 0.2) is 41.2 Å². The first-order valence-corrected chi connectivity index (χ1v) is 9.08. The zero-order valence-corrected chi connectivity index (χ0v) is 14.7. The summed E-state index contributed by atoms with van der Waals surface area (Å²) in [7, 11) is 0. The molecule has 4 heterocycles. The van der Waals surface area contributed by atoms with E-state index in [9.17, 15) is 4.79 Å². The Morgan fingerprint density at radius 3 is 2.40 bits per heavy atom. The van der Waals surface area contributed by atoms with Gasteiger partial charge in [0.25, 0.3) is 5.91 Å². The molecule has 0 radical (unpaired) electrons. The van der Waals surface area contributed by atoms with Gasteiger partial charge in [0, 0.05) is 37.8 Å². The summed E-state index contributed by atoms with van der Waals surface area (Å²) in [6.45, 7) is 4.83. The van der Waals surface area contributed by atoms with Crippen LogP contribution in [0.2, 0.25) is 0 Å². The minimum absolute atomic E-state index is 0.108. The number of anilines is 1. The Morgan fingerprint density at radius 1 is 1.04 bits per heavy atom. The second kappa shape index (κ2) is 6.64. The van der Waals surface area contributed by atoms with E-state index >= 15 is 0 Å². The molecule has 1 aliphatic heterocycles. The van der Waals surface area contributed by atoms with Crippen LogP contribution in [0.25, 0.3) is 5.82 Å². The monoisotopic (exact) mass is 354 g/mol. The number of carbonyl (C=O) groups is 1. The molecule has 7 nitrogen and oxygen atoms in total. The van der Waals surface area contributed by atoms with Crippen molar-refractivity contribution >= 4 is 23.1 Å². The summed E-state index contributed by atoms with van der Waals surface area (Å²) in [6.07, 6.45) is 1.87. The molecule has 1 fully saturated rings. The molecule has 4 rings (SSSR count). The number of hydrogen-bond donors (Lipinski definition) is 0. The standard InChI is InChI=1S/C17H18N6OS/c1-13-4-6-23(20-13)16-3-2-15(18-19-16)21-7-9-22(10-8-21)17(24)14-5-11-25-12-14/h2-6,11-12H,7-10H2,1H3. The molecule has 0 aromatic carbocycles. The van der Waals surface area contributed by atoms with Crippen LogP contribution < -0.4 is 4.90 Å². The smallest absolute Gasteiger partial charge is 0.254 e. The van der Waals surface area contributed by atoms with Gasteiger partial charge in [-0.25, -0.2) is 4.68 Å². The molecule has 0 atom stereocenters. The van der Waals surface area contributed by atoms with Crippen LogP contribution in [0, 0.1) is 6.92 Å². The Labute approximate surface area is 149 Å². The van der Waals surface area contributed by atoms with Gasteiger partial charge in [-0.05, 0) is 36.6 Å². The largest absolute Gasteiger partial charge is 0.352 e. The quantitative estimate of drug-likeness (QED) is 0.720. The van der Waals surface area contributed by atoms with Gasteiger partial charge in [-0.3, -0.25) is 4.79 Å². The minimum Gasteiger partial charge on any atom is -0.352 e. The van der Waals surface area contributed by atoms with Crippen LogP contribution in [-0.2, 0) is 0 Å². The number of nitrogens with zero attached hydrogens (tertiary/aromatic N) is 6. The minimum atomic E-state index is 0.108. The lowest BCUT2D eigenvalue weighted by Gasteiger charge is -2.35. The van der Waals surface area contributed by atoms with E-state index in [0.29, 0.717) is 18.9 Å². The molecule has 25 heavy (non-hydrogen) atoms. The molecule has 0 aliphatic carbocycles. The van der Waals surface area contributed by atoms with Gasteiger partial charge >= 0.3 is 0 Å². The fourth-order valence-electron chi connectivity index (χ4n) is 2.86. The molecular weight excluding hydrogens is 336 g/mol. The Balaban J connectivity index is 1.40. The third-order valence-electron chi connectivity index (χ3n) is 4.25. The lowest BCUT2D eigenvalue weighted by molar-refractivity contribution is 0.0747. The Kier molecular flexibility index (Phi) is 4.19. The SMILES string of the molecule is Cc1ccn(-c2ccc(N3CCN(C(=O)c4ccsc4)CC3)nn2)n1. The molecule has 0 saturated carbocycles. The summed E-state index contributed by atoms with van der Waals surface area (Å²) in [5, 5.41) is 16.7. The summed E-state index contributed by atoms with van der Waals surface area (Å²) in [6, 6.07) is 7.67. The Morgan fingerprint density at radius 2 is 1.80 bits per heavy atom. The van der Waals surface area contributed by atoms with Crippen molar-refractivity contribution in [2.75, 3.05) is 31.1 Å². The molecule has 0 bridgehead atoms. The lowest BCUT2D eigenvalue weighted by Crippen LogP contribution is -2.49. The third kappa shape index (κ3) is 3.25. The molecule has 1 saturated heterocycles. The number of piperazine rings is 1. The second-order valence-corrected chi connectivity index (χ2v) is 6.72. The Bertz CT molecular complexity index is 850. The molecule has 0 unspecified atom stereocenters. The van der Waals surface area contributed by atoms with E-state index in [4.69, 9.17) is 0 Å². The van der Waals surface area contributed by atoms with E-state index in [1.807, 2.05) is 53.0 Å². The molecule has 3 aromatic heterocycles. The molecule has 128 valence electrons. The van der Waals surface area contributed by atoms with E-state index in [-0.39, 0.29) is 5.91 Å². The van der Waals surface area contributed by atoms with Crippen LogP contribution in [-0.4, -0.2) is 57.0 Å². The number of amides is 1. The molecule has 3 aromatic rings. The molecular formula is C17H18N6OS. The first kappa shape index (κ1) is 15.8. The number of aryl methyl sites for hydroxylation is 1. The zero-order chi connectivity index (χ0) is 17.2. The first-order valence-electron chi connectivity index (χ1n) is 8.13. The van der Waals surface area contributed by atoms with Crippen molar-refractivity contribution < 1.29 is 4.79 Å². The van der Waals surface area contributed by atoms with Crippen molar-refractivity contribution in [2.45, 2.75) is 6.92 Å². The van der Waals surface area contributed by atoms with Gasteiger partial charge < -0.3 is 9.80 Å². The highest BCUT2D eigenvalue weighted by molar-refractivity contribution is 7.08. The lowest BCUT2D eigenvalue weighted by atomic mass is 10.2. The fraction of sp³-hybridized carbons (Fsp3) is 0.294. The van der Waals surface area contributed by atoms with E-state index in [1.54, 1.807) is 16.0 Å². The summed E-state index contributed by atoms with van der Waals surface area (Å²) < 4.78 is 1.71. The summed E-state index contributed by atoms with van der Waals surface area (Å²) >= 11 is 1.55. The molecule has 1 aliphatic rings. The predicted molar refractivity (Wildman–Crippen MR) is 96.3 cm³/mol. The van der Waals surface area contributed by atoms with Crippen LogP contribution in [0.3, 0.4) is 0 Å². The van der Waals surface area contributed by atoms with Crippen molar-refractivity contribution in [1.82, 2.24) is 24.9 Å². The van der Waals surface area contributed by atoms with Crippen molar-refractivity contribution in [2.24, 2.45) is 0 Å². The highest BCUT2D eigenvalue weighted by Gasteiger charge is 2.23. The van der Waals surface area contributed by atoms with Crippen molar-refractivity contribution in [1.29, 1.82) is 0 Å². The van der Waals surface area contributed by atoms with Crippen molar-refractivity contribution in [3.8, 4) is 5.82 Å². The maximum Gasteiger partial charge on any atom is 0.254 e. The second-order valence-electron chi connectivity index (χ2n) is 5.94. The normalized spacial score (nSPS) is 14.8. The average molecular weight is 354 g/mol. The number of hydrogen-bond acceptors (Lipinski definition) is 6. The fourth-order valence-corrected chi connectivity index (χ4v) is 3.49. The van der Waals surface area contributed by atoms with Crippen molar-refractivity contribution in [3.63, 3.8) is 0 Å². The molecule has 1 amide bonds. The van der Waals surface area contributed by atoms with Gasteiger partial charge in [-0.1, -0.05) is 0 Å². The van der Waals surface area contributed by atoms with E-state index in [2.05, 4.69) is 20.2 Å². The number of thiophene rings is 1. The van der Waals surface area contributed by atoms with Crippen LogP contribution in [0.1, 0.15) is 16.1 Å².